The SMILES string of the molecule is CCCC(O)[N]c1ccccc1Cl. The van der Waals surface area contributed by atoms with Gasteiger partial charge < -0.3 is 5.11 Å². The van der Waals surface area contributed by atoms with Gasteiger partial charge in [0.25, 0.3) is 0 Å². The maximum atomic E-state index is 9.40. The van der Waals surface area contributed by atoms with Crippen LogP contribution in [0.3, 0.4) is 0 Å². The first-order valence-electron chi connectivity index (χ1n) is 4.37. The lowest BCUT2D eigenvalue weighted by atomic mass is 10.2. The third kappa shape index (κ3) is 3.25. The van der Waals surface area contributed by atoms with Gasteiger partial charge in [0.2, 0.25) is 0 Å². The Balaban J connectivity index is 2.58. The standard InChI is InChI=1S/C10H13ClNO/c1-2-5-10(13)12-9-7-4-3-6-8(9)11/h3-4,6-7,10,13H,2,5H2,1H3. The van der Waals surface area contributed by atoms with Crippen LogP contribution in [-0.2, 0) is 0 Å². The van der Waals surface area contributed by atoms with Gasteiger partial charge in [-0.15, -0.1) is 0 Å². The maximum Gasteiger partial charge on any atom is 0.145 e. The molecule has 0 spiro atoms. The van der Waals surface area contributed by atoms with Gasteiger partial charge in [-0.2, -0.15) is 0 Å². The molecule has 1 radical (unpaired) electrons. The van der Waals surface area contributed by atoms with Crippen LogP contribution in [0.5, 0.6) is 0 Å². The summed E-state index contributed by atoms with van der Waals surface area (Å²) < 4.78 is 0. The highest BCUT2D eigenvalue weighted by molar-refractivity contribution is 6.32. The maximum absolute atomic E-state index is 9.40. The van der Waals surface area contributed by atoms with Gasteiger partial charge >= 0.3 is 0 Å². The van der Waals surface area contributed by atoms with Crippen molar-refractivity contribution < 1.29 is 5.11 Å². The fourth-order valence-electron chi connectivity index (χ4n) is 1.04. The second-order valence-corrected chi connectivity index (χ2v) is 3.26. The summed E-state index contributed by atoms with van der Waals surface area (Å²) in [5, 5.41) is 14.1. The van der Waals surface area contributed by atoms with Crippen molar-refractivity contribution in [2.24, 2.45) is 0 Å². The Labute approximate surface area is 83.5 Å². The van der Waals surface area contributed by atoms with Crippen LogP contribution in [0, 0.1) is 0 Å². The van der Waals surface area contributed by atoms with Crippen LogP contribution in [0.2, 0.25) is 5.02 Å². The van der Waals surface area contributed by atoms with Crippen LogP contribution in [0.25, 0.3) is 0 Å². The van der Waals surface area contributed by atoms with Crippen LogP contribution < -0.4 is 5.32 Å². The van der Waals surface area contributed by atoms with E-state index >= 15 is 0 Å². The Hall–Kier alpha value is -0.730. The zero-order valence-electron chi connectivity index (χ0n) is 7.57. The molecule has 71 valence electrons. The van der Waals surface area contributed by atoms with Crippen LogP contribution in [0.15, 0.2) is 24.3 Å². The number of nitrogens with zero attached hydrogens (tertiary/aromatic N) is 1. The third-order valence-electron chi connectivity index (χ3n) is 1.69. The highest BCUT2D eigenvalue weighted by Crippen LogP contribution is 2.21. The molecule has 1 rings (SSSR count). The van der Waals surface area contributed by atoms with Crippen LogP contribution in [0.1, 0.15) is 19.8 Å². The fraction of sp³-hybridized carbons (Fsp3) is 0.400. The van der Waals surface area contributed by atoms with Crippen molar-refractivity contribution in [2.45, 2.75) is 26.0 Å². The summed E-state index contributed by atoms with van der Waals surface area (Å²) in [6.07, 6.45) is 0.949. The number of aliphatic hydroxyl groups is 1. The Bertz CT molecular complexity index is 265. The lowest BCUT2D eigenvalue weighted by molar-refractivity contribution is 0.141. The van der Waals surface area contributed by atoms with Crippen molar-refractivity contribution in [3.8, 4) is 0 Å². The number of aliphatic hydroxyl groups excluding tert-OH is 1. The van der Waals surface area contributed by atoms with E-state index in [1.54, 1.807) is 12.1 Å². The summed E-state index contributed by atoms with van der Waals surface area (Å²) in [5.41, 5.74) is 0.658. The van der Waals surface area contributed by atoms with Crippen LogP contribution in [0.4, 0.5) is 5.69 Å². The summed E-state index contributed by atoms with van der Waals surface area (Å²) in [4.78, 5) is 0. The molecule has 0 aliphatic carbocycles. The predicted octanol–water partition coefficient (Wildman–Crippen LogP) is 2.69. The predicted molar refractivity (Wildman–Crippen MR) is 54.2 cm³/mol. The molecule has 0 aromatic heterocycles. The molecule has 1 unspecified atom stereocenters. The molecule has 1 aromatic carbocycles. The molecule has 0 heterocycles. The van der Waals surface area contributed by atoms with Crippen molar-refractivity contribution in [1.82, 2.24) is 5.32 Å². The van der Waals surface area contributed by atoms with E-state index in [0.717, 1.165) is 6.42 Å². The van der Waals surface area contributed by atoms with Crippen molar-refractivity contribution in [3.05, 3.63) is 29.3 Å². The Morgan fingerprint density at radius 1 is 1.46 bits per heavy atom. The van der Waals surface area contributed by atoms with E-state index < -0.39 is 6.23 Å². The number of halogens is 1. The molecule has 1 N–H and O–H groups in total. The van der Waals surface area contributed by atoms with E-state index in [1.807, 2.05) is 19.1 Å². The Kier molecular flexibility index (Phi) is 4.06. The summed E-state index contributed by atoms with van der Waals surface area (Å²) in [5.74, 6) is 0. The minimum atomic E-state index is -0.634. The van der Waals surface area contributed by atoms with E-state index in [9.17, 15) is 5.11 Å². The van der Waals surface area contributed by atoms with E-state index in [0.29, 0.717) is 17.1 Å². The number of hydrogen-bond donors (Lipinski definition) is 1. The summed E-state index contributed by atoms with van der Waals surface area (Å²) in [7, 11) is 0. The van der Waals surface area contributed by atoms with Gasteiger partial charge in [0, 0.05) is 0 Å². The molecule has 0 amide bonds. The van der Waals surface area contributed by atoms with Gasteiger partial charge in [-0.05, 0) is 18.6 Å². The van der Waals surface area contributed by atoms with E-state index in [-0.39, 0.29) is 0 Å². The summed E-state index contributed by atoms with van der Waals surface area (Å²) >= 11 is 5.86. The summed E-state index contributed by atoms with van der Waals surface area (Å²) in [6, 6.07) is 7.25. The van der Waals surface area contributed by atoms with Crippen molar-refractivity contribution in [3.63, 3.8) is 0 Å². The molecule has 13 heavy (non-hydrogen) atoms. The molecule has 2 nitrogen and oxygen atoms in total. The van der Waals surface area contributed by atoms with Crippen LogP contribution in [-0.4, -0.2) is 11.3 Å². The smallest absolute Gasteiger partial charge is 0.145 e. The number of hydrogen-bond acceptors (Lipinski definition) is 1. The van der Waals surface area contributed by atoms with E-state index in [2.05, 4.69) is 5.32 Å². The second kappa shape index (κ2) is 5.10. The minimum Gasteiger partial charge on any atom is -0.372 e. The highest BCUT2D eigenvalue weighted by Gasteiger charge is 2.06. The Morgan fingerprint density at radius 2 is 2.15 bits per heavy atom. The van der Waals surface area contributed by atoms with Crippen LogP contribution >= 0.6 is 11.6 Å². The molecule has 0 bridgehead atoms. The first-order chi connectivity index (χ1) is 6.24. The molecular weight excluding hydrogens is 186 g/mol. The molecule has 0 fully saturated rings. The van der Waals surface area contributed by atoms with Gasteiger partial charge in [-0.1, -0.05) is 37.1 Å². The van der Waals surface area contributed by atoms with Gasteiger partial charge in [-0.3, -0.25) is 5.32 Å². The minimum absolute atomic E-state index is 0.581. The molecular formula is C10H13ClNO. The fourth-order valence-corrected chi connectivity index (χ4v) is 1.22. The average molecular weight is 199 g/mol. The molecule has 0 aliphatic rings. The Morgan fingerprint density at radius 3 is 2.77 bits per heavy atom. The lowest BCUT2D eigenvalue weighted by Gasteiger charge is -2.10. The average Bonchev–Trinajstić information content (AvgIpc) is 2.09. The van der Waals surface area contributed by atoms with Crippen molar-refractivity contribution >= 4 is 17.3 Å². The van der Waals surface area contributed by atoms with Gasteiger partial charge in [-0.25, -0.2) is 0 Å². The zero-order chi connectivity index (χ0) is 9.68. The third-order valence-corrected chi connectivity index (χ3v) is 2.01. The topological polar surface area (TPSA) is 34.3 Å². The van der Waals surface area contributed by atoms with Crippen molar-refractivity contribution in [2.75, 3.05) is 0 Å². The normalized spacial score (nSPS) is 12.5. The number of para-hydroxylation sites is 1. The molecule has 0 aliphatic heterocycles. The second-order valence-electron chi connectivity index (χ2n) is 2.85. The lowest BCUT2D eigenvalue weighted by Crippen LogP contribution is -2.16. The first-order valence-corrected chi connectivity index (χ1v) is 4.75. The van der Waals surface area contributed by atoms with Gasteiger partial charge in [0.05, 0.1) is 10.7 Å². The van der Waals surface area contributed by atoms with E-state index in [4.69, 9.17) is 11.6 Å². The largest absolute Gasteiger partial charge is 0.372 e. The molecule has 3 heteroatoms. The van der Waals surface area contributed by atoms with Gasteiger partial charge in [0.1, 0.15) is 6.23 Å². The zero-order valence-corrected chi connectivity index (χ0v) is 8.33. The molecule has 0 saturated heterocycles. The van der Waals surface area contributed by atoms with Gasteiger partial charge in [0.15, 0.2) is 0 Å². The molecule has 0 saturated carbocycles. The van der Waals surface area contributed by atoms with E-state index in [1.165, 1.54) is 0 Å². The highest BCUT2D eigenvalue weighted by atomic mass is 35.5. The molecule has 1 atom stereocenters. The monoisotopic (exact) mass is 198 g/mol. The van der Waals surface area contributed by atoms with Crippen molar-refractivity contribution in [1.29, 1.82) is 0 Å². The first kappa shape index (κ1) is 10.4. The summed E-state index contributed by atoms with van der Waals surface area (Å²) in [6.45, 7) is 2.01. The number of benzene rings is 1. The number of rotatable bonds is 4. The quantitative estimate of drug-likeness (QED) is 0.793. The molecule has 1 aromatic rings.